The molecule has 0 saturated carbocycles. The normalized spacial score (nSPS) is 10.8. The molecule has 0 aromatic carbocycles. The maximum absolute atomic E-state index is 8.75. The van der Waals surface area contributed by atoms with Gasteiger partial charge in [0.1, 0.15) is 5.82 Å². The Hall–Kier alpha value is -0.490. The monoisotopic (exact) mass is 280 g/mol. The molecule has 0 unspecified atom stereocenters. The largest absolute Gasteiger partial charge is 0.396 e. The molecule has 0 spiro atoms. The number of aliphatic hydroxyl groups excluding tert-OH is 1. The number of aliphatic hydroxyl groups is 1. The third-order valence-corrected chi connectivity index (χ3v) is 4.12. The number of rotatable bonds is 3. The minimum atomic E-state index is -1.46. The van der Waals surface area contributed by atoms with Crippen LogP contribution in [0.4, 0.5) is 5.82 Å². The summed E-state index contributed by atoms with van der Waals surface area (Å²) in [5.74, 6) is 0.642. The van der Waals surface area contributed by atoms with E-state index in [4.69, 9.17) is 10.8 Å². The van der Waals surface area contributed by atoms with Crippen molar-refractivity contribution in [3.8, 4) is 0 Å². The molecule has 12 heavy (non-hydrogen) atoms. The van der Waals surface area contributed by atoms with E-state index in [9.17, 15) is 0 Å². The van der Waals surface area contributed by atoms with Crippen LogP contribution in [0.1, 0.15) is 5.69 Å². The van der Waals surface area contributed by atoms with E-state index >= 15 is 0 Å². The second kappa shape index (κ2) is 3.95. The molecule has 1 aromatic heterocycles. The Morgan fingerprint density at radius 1 is 1.58 bits per heavy atom. The van der Waals surface area contributed by atoms with Gasteiger partial charge < -0.3 is 15.8 Å². The third kappa shape index (κ3) is 2.01. The highest BCUT2D eigenvalue weighted by molar-refractivity contribution is 14.2. The molecular formula is C8H13IN2O. The standard InChI is InChI=1S/C8H13IN2O/c1-9(2)6-5-8(10)11-7(6)3-4-12/h5,11-12H,1-4,10H2. The molecule has 68 valence electrons. The first-order valence-electron chi connectivity index (χ1n) is 3.51. The van der Waals surface area contributed by atoms with Gasteiger partial charge >= 0.3 is 0 Å². The van der Waals surface area contributed by atoms with Gasteiger partial charge in [0, 0.05) is 22.3 Å². The number of nitrogens with one attached hydrogen (secondary N) is 1. The Balaban J connectivity index is 3.08. The summed E-state index contributed by atoms with van der Waals surface area (Å²) in [4.78, 5) is 3.00. The zero-order chi connectivity index (χ0) is 9.14. The van der Waals surface area contributed by atoms with Gasteiger partial charge in [-0.05, 0) is 6.07 Å². The lowest BCUT2D eigenvalue weighted by atomic mass is 10.3. The van der Waals surface area contributed by atoms with Crippen LogP contribution in [0.2, 0.25) is 0 Å². The van der Waals surface area contributed by atoms with Crippen LogP contribution in [0, 0.1) is 3.57 Å². The number of aromatic amines is 1. The van der Waals surface area contributed by atoms with Crippen molar-refractivity contribution in [1.82, 2.24) is 4.98 Å². The van der Waals surface area contributed by atoms with E-state index in [-0.39, 0.29) is 6.61 Å². The van der Waals surface area contributed by atoms with Crippen molar-refractivity contribution < 1.29 is 5.11 Å². The summed E-state index contributed by atoms with van der Waals surface area (Å²) in [5, 5.41) is 8.75. The number of anilines is 1. The lowest BCUT2D eigenvalue weighted by Gasteiger charge is -1.96. The fraction of sp³-hybridized carbons (Fsp3) is 0.250. The van der Waals surface area contributed by atoms with Crippen LogP contribution in [-0.4, -0.2) is 25.7 Å². The molecule has 3 nitrogen and oxygen atoms in total. The van der Waals surface area contributed by atoms with Crippen molar-refractivity contribution in [1.29, 1.82) is 0 Å². The quantitative estimate of drug-likeness (QED) is 0.713. The molecule has 0 saturated heterocycles. The fourth-order valence-electron chi connectivity index (χ4n) is 1.03. The molecule has 0 radical (unpaired) electrons. The van der Waals surface area contributed by atoms with Gasteiger partial charge in [-0.15, -0.1) is 18.9 Å². The van der Waals surface area contributed by atoms with E-state index in [2.05, 4.69) is 14.0 Å². The van der Waals surface area contributed by atoms with Gasteiger partial charge in [-0.3, -0.25) is 0 Å². The number of aromatic nitrogens is 1. The molecule has 4 heteroatoms. The molecule has 0 fully saturated rings. The Morgan fingerprint density at radius 3 is 2.75 bits per heavy atom. The van der Waals surface area contributed by atoms with Gasteiger partial charge in [-0.1, -0.05) is 9.03 Å². The summed E-state index contributed by atoms with van der Waals surface area (Å²) in [5.41, 5.74) is 6.58. The second-order valence-corrected chi connectivity index (χ2v) is 6.25. The van der Waals surface area contributed by atoms with E-state index < -0.39 is 18.9 Å². The lowest BCUT2D eigenvalue weighted by molar-refractivity contribution is 0.298. The number of H-pyrrole nitrogens is 1. The average molecular weight is 280 g/mol. The van der Waals surface area contributed by atoms with Crippen molar-refractivity contribution in [2.24, 2.45) is 0 Å². The van der Waals surface area contributed by atoms with E-state index in [1.54, 1.807) is 0 Å². The van der Waals surface area contributed by atoms with Gasteiger partial charge in [-0.25, -0.2) is 0 Å². The van der Waals surface area contributed by atoms with Crippen LogP contribution in [0.3, 0.4) is 0 Å². The minimum absolute atomic E-state index is 0.136. The Morgan fingerprint density at radius 2 is 2.25 bits per heavy atom. The van der Waals surface area contributed by atoms with Gasteiger partial charge in [0.2, 0.25) is 0 Å². The molecule has 0 aliphatic heterocycles. The molecule has 1 aromatic rings. The van der Waals surface area contributed by atoms with E-state index in [0.29, 0.717) is 12.2 Å². The number of nitrogen functional groups attached to an aromatic ring is 1. The van der Waals surface area contributed by atoms with Crippen LogP contribution >= 0.6 is 18.9 Å². The highest BCUT2D eigenvalue weighted by atomic mass is 127. The summed E-state index contributed by atoms with van der Waals surface area (Å²) in [7, 11) is 0. The van der Waals surface area contributed by atoms with Crippen LogP contribution in [0.25, 0.3) is 0 Å². The molecule has 1 rings (SSSR count). The maximum Gasteiger partial charge on any atom is 0.101 e. The molecule has 0 aliphatic carbocycles. The lowest BCUT2D eigenvalue weighted by Crippen LogP contribution is -1.93. The highest BCUT2D eigenvalue weighted by Gasteiger charge is 2.03. The first-order valence-corrected chi connectivity index (χ1v) is 7.64. The summed E-state index contributed by atoms with van der Waals surface area (Å²) < 4.78 is 9.05. The highest BCUT2D eigenvalue weighted by Crippen LogP contribution is 2.23. The number of nitrogens with two attached hydrogens (primary N) is 1. The molecule has 1 heterocycles. The maximum atomic E-state index is 8.75. The molecule has 0 bridgehead atoms. The SMILES string of the molecule is C=I(=C)c1cc(N)[nH]c1CCO. The zero-order valence-electron chi connectivity index (χ0n) is 6.81. The van der Waals surface area contributed by atoms with E-state index in [1.165, 1.54) is 0 Å². The predicted molar refractivity (Wildman–Crippen MR) is 63.0 cm³/mol. The van der Waals surface area contributed by atoms with Crippen molar-refractivity contribution in [2.75, 3.05) is 12.3 Å². The molecule has 0 aliphatic rings. The Bertz CT molecular complexity index is 331. The molecule has 0 atom stereocenters. The fourth-order valence-corrected chi connectivity index (χ4v) is 3.13. The second-order valence-electron chi connectivity index (χ2n) is 2.48. The van der Waals surface area contributed by atoms with Crippen molar-refractivity contribution in [3.05, 3.63) is 15.3 Å². The number of hydrogen-bond acceptors (Lipinski definition) is 2. The summed E-state index contributed by atoms with van der Waals surface area (Å²) in [6.07, 6.45) is 0.617. The van der Waals surface area contributed by atoms with Gasteiger partial charge in [0.25, 0.3) is 0 Å². The summed E-state index contributed by atoms with van der Waals surface area (Å²) >= 11 is -1.46. The molecule has 4 N–H and O–H groups in total. The topological polar surface area (TPSA) is 62.0 Å². The number of hydrogen-bond donors (Lipinski definition) is 3. The Kier molecular flexibility index (Phi) is 3.16. The first kappa shape index (κ1) is 9.60. The molecule has 0 amide bonds. The minimum Gasteiger partial charge on any atom is -0.396 e. The summed E-state index contributed by atoms with van der Waals surface area (Å²) in [6, 6.07) is 1.88. The van der Waals surface area contributed by atoms with Crippen LogP contribution in [0.15, 0.2) is 6.07 Å². The first-order chi connectivity index (χ1) is 5.65. The van der Waals surface area contributed by atoms with Gasteiger partial charge in [0.15, 0.2) is 0 Å². The predicted octanol–water partition coefficient (Wildman–Crippen LogP) is 0.672. The van der Waals surface area contributed by atoms with Gasteiger partial charge in [0.05, 0.1) is 0 Å². The zero-order valence-corrected chi connectivity index (χ0v) is 8.97. The van der Waals surface area contributed by atoms with Crippen molar-refractivity contribution >= 4 is 33.7 Å². The average Bonchev–Trinajstić information content (AvgIpc) is 2.32. The van der Waals surface area contributed by atoms with Crippen LogP contribution < -0.4 is 5.73 Å². The summed E-state index contributed by atoms with van der Waals surface area (Å²) in [6.45, 7) is 0.136. The molecular weight excluding hydrogens is 267 g/mol. The van der Waals surface area contributed by atoms with E-state index in [1.807, 2.05) is 6.07 Å². The van der Waals surface area contributed by atoms with Crippen molar-refractivity contribution in [2.45, 2.75) is 6.42 Å². The third-order valence-electron chi connectivity index (χ3n) is 1.52. The smallest absolute Gasteiger partial charge is 0.101 e. The van der Waals surface area contributed by atoms with E-state index in [0.717, 1.165) is 9.26 Å². The number of halogens is 1. The van der Waals surface area contributed by atoms with Crippen molar-refractivity contribution in [3.63, 3.8) is 0 Å². The van der Waals surface area contributed by atoms with Gasteiger partial charge in [-0.2, -0.15) is 0 Å². The van der Waals surface area contributed by atoms with Crippen LogP contribution in [-0.2, 0) is 6.42 Å². The Labute approximate surface area is 78.0 Å². The van der Waals surface area contributed by atoms with Crippen LogP contribution in [0.5, 0.6) is 0 Å².